The van der Waals surface area contributed by atoms with E-state index in [-0.39, 0.29) is 0 Å². The Kier molecular flexibility index (Phi) is 1.68. The van der Waals surface area contributed by atoms with Gasteiger partial charge in [0.1, 0.15) is 0 Å². The van der Waals surface area contributed by atoms with Crippen molar-refractivity contribution < 1.29 is 0 Å². The molecule has 1 aromatic heterocycles. The lowest BCUT2D eigenvalue weighted by atomic mass is 10.1. The quantitative estimate of drug-likeness (QED) is 0.733. The maximum absolute atomic E-state index is 4.22. The Bertz CT molecular complexity index is 431. The van der Waals surface area contributed by atoms with Crippen LogP contribution in [0.25, 0.3) is 10.9 Å². The SMILES string of the molecule is Cc1[nH]nc2c(C)c(Br)ccc12. The molecule has 0 unspecified atom stereocenters. The van der Waals surface area contributed by atoms with Crippen LogP contribution in [0.3, 0.4) is 0 Å². The molecule has 1 N–H and O–H groups in total. The summed E-state index contributed by atoms with van der Waals surface area (Å²) in [5.41, 5.74) is 3.37. The molecule has 12 heavy (non-hydrogen) atoms. The zero-order chi connectivity index (χ0) is 8.72. The van der Waals surface area contributed by atoms with E-state index in [1.807, 2.05) is 6.92 Å². The molecular formula is C9H9BrN2. The Balaban J connectivity index is 2.93. The molecular weight excluding hydrogens is 216 g/mol. The van der Waals surface area contributed by atoms with Gasteiger partial charge in [0, 0.05) is 15.6 Å². The first-order chi connectivity index (χ1) is 5.70. The molecule has 2 nitrogen and oxygen atoms in total. The minimum atomic E-state index is 1.06. The molecule has 2 rings (SSSR count). The second-order valence-corrected chi connectivity index (χ2v) is 3.77. The number of hydrogen-bond acceptors (Lipinski definition) is 1. The molecule has 3 heteroatoms. The molecule has 0 radical (unpaired) electrons. The first-order valence-electron chi connectivity index (χ1n) is 3.80. The van der Waals surface area contributed by atoms with Crippen LogP contribution in [0.5, 0.6) is 0 Å². The van der Waals surface area contributed by atoms with Gasteiger partial charge in [-0.1, -0.05) is 15.9 Å². The summed E-state index contributed by atoms with van der Waals surface area (Å²) in [6.45, 7) is 4.09. The van der Waals surface area contributed by atoms with Crippen LogP contribution in [0.4, 0.5) is 0 Å². The van der Waals surface area contributed by atoms with E-state index in [0.717, 1.165) is 15.7 Å². The van der Waals surface area contributed by atoms with Crippen LogP contribution in [0.1, 0.15) is 11.3 Å². The van der Waals surface area contributed by atoms with Gasteiger partial charge in [0.25, 0.3) is 0 Å². The number of halogens is 1. The first kappa shape index (κ1) is 7.80. The average molecular weight is 225 g/mol. The number of aromatic nitrogens is 2. The van der Waals surface area contributed by atoms with Crippen molar-refractivity contribution in [2.75, 3.05) is 0 Å². The number of aromatic amines is 1. The van der Waals surface area contributed by atoms with Gasteiger partial charge in [0.05, 0.1) is 5.52 Å². The summed E-state index contributed by atoms with van der Waals surface area (Å²) in [5.74, 6) is 0. The highest BCUT2D eigenvalue weighted by molar-refractivity contribution is 9.10. The summed E-state index contributed by atoms with van der Waals surface area (Å²) in [5, 5.41) is 8.40. The fraction of sp³-hybridized carbons (Fsp3) is 0.222. The van der Waals surface area contributed by atoms with E-state index in [4.69, 9.17) is 0 Å². The summed E-state index contributed by atoms with van der Waals surface area (Å²) >= 11 is 3.47. The Hall–Kier alpha value is -0.830. The lowest BCUT2D eigenvalue weighted by Crippen LogP contribution is -1.78. The molecule has 0 amide bonds. The predicted molar refractivity (Wildman–Crippen MR) is 53.3 cm³/mol. The van der Waals surface area contributed by atoms with E-state index >= 15 is 0 Å². The normalized spacial score (nSPS) is 10.9. The second-order valence-electron chi connectivity index (χ2n) is 2.92. The number of nitrogens with zero attached hydrogens (tertiary/aromatic N) is 1. The highest BCUT2D eigenvalue weighted by atomic mass is 79.9. The number of hydrogen-bond donors (Lipinski definition) is 1. The van der Waals surface area contributed by atoms with Crippen LogP contribution in [0, 0.1) is 13.8 Å². The molecule has 0 aliphatic heterocycles. The van der Waals surface area contributed by atoms with Crippen LogP contribution >= 0.6 is 15.9 Å². The Labute approximate surface area is 79.1 Å². The van der Waals surface area contributed by atoms with Crippen LogP contribution in [-0.2, 0) is 0 Å². The van der Waals surface area contributed by atoms with Gasteiger partial charge >= 0.3 is 0 Å². The summed E-state index contributed by atoms with van der Waals surface area (Å²) in [6, 6.07) is 4.13. The van der Waals surface area contributed by atoms with E-state index in [9.17, 15) is 0 Å². The van der Waals surface area contributed by atoms with E-state index in [1.54, 1.807) is 0 Å². The number of nitrogens with one attached hydrogen (secondary N) is 1. The smallest absolute Gasteiger partial charge is 0.0963 e. The lowest BCUT2D eigenvalue weighted by molar-refractivity contribution is 1.06. The number of aryl methyl sites for hydroxylation is 2. The molecule has 0 aliphatic rings. The maximum Gasteiger partial charge on any atom is 0.0963 e. The fourth-order valence-electron chi connectivity index (χ4n) is 1.32. The molecule has 62 valence electrons. The van der Waals surface area contributed by atoms with Gasteiger partial charge in [-0.2, -0.15) is 5.10 Å². The van der Waals surface area contributed by atoms with Crippen LogP contribution < -0.4 is 0 Å². The van der Waals surface area contributed by atoms with Crippen LogP contribution in [0.15, 0.2) is 16.6 Å². The van der Waals surface area contributed by atoms with Crippen molar-refractivity contribution in [1.82, 2.24) is 10.2 Å². The van der Waals surface area contributed by atoms with Gasteiger partial charge in [0.2, 0.25) is 0 Å². The third kappa shape index (κ3) is 0.966. The van der Waals surface area contributed by atoms with E-state index < -0.39 is 0 Å². The van der Waals surface area contributed by atoms with Crippen molar-refractivity contribution >= 4 is 26.8 Å². The van der Waals surface area contributed by atoms with Crippen molar-refractivity contribution in [3.05, 3.63) is 27.9 Å². The van der Waals surface area contributed by atoms with Crippen molar-refractivity contribution in [3.8, 4) is 0 Å². The van der Waals surface area contributed by atoms with Crippen molar-refractivity contribution in [3.63, 3.8) is 0 Å². The number of benzene rings is 1. The topological polar surface area (TPSA) is 28.7 Å². The molecule has 0 saturated carbocycles. The number of H-pyrrole nitrogens is 1. The largest absolute Gasteiger partial charge is 0.282 e. The van der Waals surface area contributed by atoms with E-state index in [0.29, 0.717) is 0 Å². The Morgan fingerprint density at radius 1 is 1.33 bits per heavy atom. The lowest BCUT2D eigenvalue weighted by Gasteiger charge is -1.97. The molecule has 0 aliphatic carbocycles. The minimum Gasteiger partial charge on any atom is -0.282 e. The van der Waals surface area contributed by atoms with Crippen molar-refractivity contribution in [2.45, 2.75) is 13.8 Å². The van der Waals surface area contributed by atoms with Gasteiger partial charge in [0.15, 0.2) is 0 Å². The molecule has 0 fully saturated rings. The Morgan fingerprint density at radius 3 is 2.83 bits per heavy atom. The highest BCUT2D eigenvalue weighted by Crippen LogP contribution is 2.25. The predicted octanol–water partition coefficient (Wildman–Crippen LogP) is 2.94. The molecule has 0 bridgehead atoms. The highest BCUT2D eigenvalue weighted by Gasteiger charge is 2.05. The maximum atomic E-state index is 4.22. The van der Waals surface area contributed by atoms with Gasteiger partial charge < -0.3 is 0 Å². The second kappa shape index (κ2) is 2.59. The number of rotatable bonds is 0. The minimum absolute atomic E-state index is 1.06. The molecule has 0 atom stereocenters. The third-order valence-corrected chi connectivity index (χ3v) is 2.96. The summed E-state index contributed by atoms with van der Waals surface area (Å²) in [6.07, 6.45) is 0. The first-order valence-corrected chi connectivity index (χ1v) is 4.59. The summed E-state index contributed by atoms with van der Waals surface area (Å²) < 4.78 is 1.11. The van der Waals surface area contributed by atoms with Crippen LogP contribution in [-0.4, -0.2) is 10.2 Å². The number of fused-ring (bicyclic) bond motifs is 1. The van der Waals surface area contributed by atoms with Gasteiger partial charge in [-0.25, -0.2) is 0 Å². The monoisotopic (exact) mass is 224 g/mol. The molecule has 1 heterocycles. The van der Waals surface area contributed by atoms with Crippen molar-refractivity contribution in [1.29, 1.82) is 0 Å². The standard InChI is InChI=1S/C9H9BrN2/c1-5-8(10)4-3-7-6(2)11-12-9(5)7/h3-4H,1-2H3,(H,11,12). The van der Waals surface area contributed by atoms with Crippen molar-refractivity contribution in [2.24, 2.45) is 0 Å². The van der Waals surface area contributed by atoms with Crippen LogP contribution in [0.2, 0.25) is 0 Å². The average Bonchev–Trinajstić information content (AvgIpc) is 2.41. The zero-order valence-electron chi connectivity index (χ0n) is 6.98. The Morgan fingerprint density at radius 2 is 2.08 bits per heavy atom. The zero-order valence-corrected chi connectivity index (χ0v) is 8.57. The third-order valence-electron chi connectivity index (χ3n) is 2.10. The van der Waals surface area contributed by atoms with Gasteiger partial charge in [-0.15, -0.1) is 0 Å². The molecule has 1 aromatic carbocycles. The fourth-order valence-corrected chi connectivity index (χ4v) is 1.64. The summed E-state index contributed by atoms with van der Waals surface area (Å²) in [4.78, 5) is 0. The van der Waals surface area contributed by atoms with Gasteiger partial charge in [-0.3, -0.25) is 5.10 Å². The summed E-state index contributed by atoms with van der Waals surface area (Å²) in [7, 11) is 0. The molecule has 0 spiro atoms. The van der Waals surface area contributed by atoms with Gasteiger partial charge in [-0.05, 0) is 31.5 Å². The molecule has 0 saturated heterocycles. The van der Waals surface area contributed by atoms with E-state index in [1.165, 1.54) is 10.9 Å². The molecule has 2 aromatic rings. The van der Waals surface area contributed by atoms with E-state index in [2.05, 4.69) is 45.2 Å².